The molecule has 0 saturated carbocycles. The van der Waals surface area contributed by atoms with Crippen molar-refractivity contribution in [3.05, 3.63) is 89.9 Å². The zero-order valence-electron chi connectivity index (χ0n) is 18.3. The van der Waals surface area contributed by atoms with Gasteiger partial charge < -0.3 is 19.4 Å². The molecule has 0 spiro atoms. The van der Waals surface area contributed by atoms with Crippen LogP contribution in [0.4, 0.5) is 11.4 Å². The number of nitrogens with one attached hydrogen (secondary N) is 1. The van der Waals surface area contributed by atoms with Crippen molar-refractivity contribution in [2.24, 2.45) is 0 Å². The molecule has 33 heavy (non-hydrogen) atoms. The summed E-state index contributed by atoms with van der Waals surface area (Å²) in [5, 5.41) is 2.93. The normalized spacial score (nSPS) is 13.5. The van der Waals surface area contributed by atoms with Gasteiger partial charge >= 0.3 is 0 Å². The molecule has 0 aliphatic carbocycles. The van der Waals surface area contributed by atoms with Gasteiger partial charge in [-0.3, -0.25) is 9.59 Å². The molecule has 0 radical (unpaired) electrons. The summed E-state index contributed by atoms with van der Waals surface area (Å²) in [5.41, 5.74) is 4.60. The fourth-order valence-electron chi connectivity index (χ4n) is 4.08. The minimum Gasteiger partial charge on any atom is -0.486 e. The van der Waals surface area contributed by atoms with Gasteiger partial charge in [-0.1, -0.05) is 24.3 Å². The summed E-state index contributed by atoms with van der Waals surface area (Å²) >= 11 is 0. The van der Waals surface area contributed by atoms with E-state index in [1.807, 2.05) is 66.2 Å². The van der Waals surface area contributed by atoms with Gasteiger partial charge in [0.2, 0.25) is 5.91 Å². The zero-order chi connectivity index (χ0) is 22.8. The van der Waals surface area contributed by atoms with Crippen LogP contribution in [0, 0.1) is 6.92 Å². The number of aromatic nitrogens is 2. The first-order valence-electron chi connectivity index (χ1n) is 11.0. The van der Waals surface area contributed by atoms with Gasteiger partial charge in [0.25, 0.3) is 5.91 Å². The molecule has 1 N–H and O–H groups in total. The molecule has 0 unspecified atom stereocenters. The number of pyridine rings is 1. The van der Waals surface area contributed by atoms with Crippen LogP contribution in [0.1, 0.15) is 34.5 Å². The summed E-state index contributed by atoms with van der Waals surface area (Å²) in [6.07, 6.45) is 5.29. The summed E-state index contributed by atoms with van der Waals surface area (Å²) in [7, 11) is 0. The summed E-state index contributed by atoms with van der Waals surface area (Å²) < 4.78 is 7.94. The highest BCUT2D eigenvalue weighted by atomic mass is 16.5. The average Bonchev–Trinajstić information content (AvgIpc) is 3.45. The zero-order valence-corrected chi connectivity index (χ0v) is 18.3. The van der Waals surface area contributed by atoms with E-state index in [2.05, 4.69) is 10.3 Å². The number of hydrogen-bond donors (Lipinski definition) is 1. The maximum absolute atomic E-state index is 13.0. The molecular formula is C26H24N4O3. The Morgan fingerprint density at radius 3 is 2.82 bits per heavy atom. The predicted octanol–water partition coefficient (Wildman–Crippen LogP) is 4.60. The first kappa shape index (κ1) is 20.8. The molecule has 3 heterocycles. The Morgan fingerprint density at radius 2 is 2.00 bits per heavy atom. The van der Waals surface area contributed by atoms with Crippen LogP contribution in [0.5, 0.6) is 5.75 Å². The van der Waals surface area contributed by atoms with E-state index < -0.39 is 0 Å². The Hall–Kier alpha value is -4.13. The Kier molecular flexibility index (Phi) is 5.52. The number of ether oxygens (including phenoxy) is 1. The van der Waals surface area contributed by atoms with Crippen molar-refractivity contribution in [1.82, 2.24) is 9.38 Å². The molecule has 1 aliphatic rings. The van der Waals surface area contributed by atoms with E-state index in [1.54, 1.807) is 23.1 Å². The first-order chi connectivity index (χ1) is 16.1. The molecule has 2 aromatic heterocycles. The van der Waals surface area contributed by atoms with Crippen LogP contribution in [0.3, 0.4) is 0 Å². The number of aryl methyl sites for hydroxylation is 1. The lowest BCUT2D eigenvalue weighted by Gasteiger charge is -2.17. The average molecular weight is 441 g/mol. The van der Waals surface area contributed by atoms with Crippen molar-refractivity contribution >= 4 is 28.8 Å². The lowest BCUT2D eigenvalue weighted by Crippen LogP contribution is -2.23. The number of carbonyl (C=O) groups excluding carboxylic acids is 2. The van der Waals surface area contributed by atoms with Crippen molar-refractivity contribution in [3.8, 4) is 5.75 Å². The van der Waals surface area contributed by atoms with Gasteiger partial charge in [-0.05, 0) is 55.3 Å². The quantitative estimate of drug-likeness (QED) is 0.475. The molecular weight excluding hydrogens is 416 g/mol. The van der Waals surface area contributed by atoms with Crippen LogP contribution in [-0.2, 0) is 11.4 Å². The maximum Gasteiger partial charge on any atom is 0.259 e. The predicted molar refractivity (Wildman–Crippen MR) is 127 cm³/mol. The number of anilines is 2. The maximum atomic E-state index is 13.0. The monoisotopic (exact) mass is 440 g/mol. The first-order valence-corrected chi connectivity index (χ1v) is 11.0. The second kappa shape index (κ2) is 8.78. The lowest BCUT2D eigenvalue weighted by molar-refractivity contribution is -0.117. The molecule has 1 aliphatic heterocycles. The standard InChI is InChI=1S/C26H24N4O3/c1-18-7-5-13-29-16-20(27-25(18)29)17-33-23-11-3-2-10-22(23)26(32)28-19-8-4-9-21(15-19)30-14-6-12-24(30)31/h2-5,7-11,13,15-16H,6,12,14,17H2,1H3,(H,28,32). The number of amides is 2. The topological polar surface area (TPSA) is 75.9 Å². The highest BCUT2D eigenvalue weighted by molar-refractivity contribution is 6.06. The van der Waals surface area contributed by atoms with Crippen molar-refractivity contribution in [2.45, 2.75) is 26.4 Å². The van der Waals surface area contributed by atoms with E-state index in [4.69, 9.17) is 4.74 Å². The molecule has 4 aromatic rings. The van der Waals surface area contributed by atoms with E-state index in [0.29, 0.717) is 30.0 Å². The van der Waals surface area contributed by atoms with Crippen molar-refractivity contribution in [2.75, 3.05) is 16.8 Å². The molecule has 0 bridgehead atoms. The van der Waals surface area contributed by atoms with Crippen LogP contribution in [0.15, 0.2) is 73.1 Å². The molecule has 0 atom stereocenters. The van der Waals surface area contributed by atoms with Crippen molar-refractivity contribution in [3.63, 3.8) is 0 Å². The highest BCUT2D eigenvalue weighted by Crippen LogP contribution is 2.26. The molecule has 7 heteroatoms. The van der Waals surface area contributed by atoms with E-state index in [-0.39, 0.29) is 18.4 Å². The third-order valence-electron chi connectivity index (χ3n) is 5.72. The third kappa shape index (κ3) is 4.30. The van der Waals surface area contributed by atoms with Crippen molar-refractivity contribution < 1.29 is 14.3 Å². The minimum atomic E-state index is -0.277. The number of hydrogen-bond acceptors (Lipinski definition) is 4. The van der Waals surface area contributed by atoms with E-state index in [9.17, 15) is 9.59 Å². The van der Waals surface area contributed by atoms with Crippen LogP contribution in [0.25, 0.3) is 5.65 Å². The molecule has 166 valence electrons. The fraction of sp³-hybridized carbons (Fsp3) is 0.192. The van der Waals surface area contributed by atoms with Gasteiger partial charge in [-0.15, -0.1) is 0 Å². The number of imidazole rings is 1. The fourth-order valence-corrected chi connectivity index (χ4v) is 4.08. The number of fused-ring (bicyclic) bond motifs is 1. The van der Waals surface area contributed by atoms with Crippen molar-refractivity contribution in [1.29, 1.82) is 0 Å². The highest BCUT2D eigenvalue weighted by Gasteiger charge is 2.22. The minimum absolute atomic E-state index is 0.111. The van der Waals surface area contributed by atoms with Gasteiger partial charge in [-0.2, -0.15) is 0 Å². The van der Waals surface area contributed by atoms with E-state index in [0.717, 1.165) is 29.0 Å². The summed E-state index contributed by atoms with van der Waals surface area (Å²) in [4.78, 5) is 31.5. The summed E-state index contributed by atoms with van der Waals surface area (Å²) in [6.45, 7) is 2.97. The number of carbonyl (C=O) groups is 2. The Bertz CT molecular complexity index is 1340. The Labute approximate surface area is 191 Å². The van der Waals surface area contributed by atoms with Crippen LogP contribution >= 0.6 is 0 Å². The van der Waals surface area contributed by atoms with Crippen LogP contribution in [-0.4, -0.2) is 27.7 Å². The molecule has 1 fully saturated rings. The van der Waals surface area contributed by atoms with Gasteiger partial charge in [0, 0.05) is 36.7 Å². The van der Waals surface area contributed by atoms with Gasteiger partial charge in [0.1, 0.15) is 18.0 Å². The molecule has 2 amide bonds. The Balaban J connectivity index is 1.31. The van der Waals surface area contributed by atoms with E-state index >= 15 is 0 Å². The summed E-state index contributed by atoms with van der Waals surface area (Å²) in [6, 6.07) is 18.5. The second-order valence-corrected chi connectivity index (χ2v) is 8.09. The molecule has 5 rings (SSSR count). The summed E-state index contributed by atoms with van der Waals surface area (Å²) in [5.74, 6) is 0.315. The Morgan fingerprint density at radius 1 is 1.12 bits per heavy atom. The number of nitrogens with zero attached hydrogens (tertiary/aromatic N) is 3. The molecule has 2 aromatic carbocycles. The van der Waals surface area contributed by atoms with Crippen LogP contribution < -0.4 is 15.0 Å². The van der Waals surface area contributed by atoms with Gasteiger partial charge in [-0.25, -0.2) is 4.98 Å². The number of para-hydroxylation sites is 1. The van der Waals surface area contributed by atoms with Gasteiger partial charge in [0.05, 0.1) is 11.3 Å². The second-order valence-electron chi connectivity index (χ2n) is 8.09. The lowest BCUT2D eigenvalue weighted by atomic mass is 10.1. The smallest absolute Gasteiger partial charge is 0.259 e. The number of benzene rings is 2. The molecule has 7 nitrogen and oxygen atoms in total. The van der Waals surface area contributed by atoms with Gasteiger partial charge in [0.15, 0.2) is 0 Å². The van der Waals surface area contributed by atoms with Crippen LogP contribution in [0.2, 0.25) is 0 Å². The number of rotatable bonds is 6. The van der Waals surface area contributed by atoms with E-state index in [1.165, 1.54) is 0 Å². The largest absolute Gasteiger partial charge is 0.486 e. The third-order valence-corrected chi connectivity index (χ3v) is 5.72. The molecule has 1 saturated heterocycles. The SMILES string of the molecule is Cc1cccn2cc(COc3ccccc3C(=O)Nc3cccc(N4CCCC4=O)c3)nc12.